The lowest BCUT2D eigenvalue weighted by Gasteiger charge is -2.26. The van der Waals surface area contributed by atoms with Crippen LogP contribution in [-0.4, -0.2) is 19.9 Å². The molecule has 0 bridgehead atoms. The molecule has 1 aliphatic heterocycles. The number of halogens is 1. The molecule has 0 aliphatic carbocycles. The van der Waals surface area contributed by atoms with Gasteiger partial charge in [-0.2, -0.15) is 0 Å². The Morgan fingerprint density at radius 1 is 1.44 bits per heavy atom. The smallest absolute Gasteiger partial charge is 0.150 e. The van der Waals surface area contributed by atoms with E-state index in [9.17, 15) is 8.42 Å². The van der Waals surface area contributed by atoms with E-state index in [4.69, 9.17) is 5.73 Å². The fourth-order valence-electron chi connectivity index (χ4n) is 2.00. The van der Waals surface area contributed by atoms with Crippen LogP contribution in [0, 0.1) is 5.92 Å². The molecule has 1 aromatic heterocycles. The first-order chi connectivity index (χ1) is 7.48. The molecule has 3 nitrogen and oxygen atoms in total. The minimum atomic E-state index is -2.79. The van der Waals surface area contributed by atoms with Crippen molar-refractivity contribution < 1.29 is 8.42 Å². The third kappa shape index (κ3) is 2.85. The molecule has 16 heavy (non-hydrogen) atoms. The Labute approximate surface area is 108 Å². The van der Waals surface area contributed by atoms with E-state index in [1.807, 2.05) is 11.4 Å². The maximum atomic E-state index is 11.3. The van der Waals surface area contributed by atoms with Crippen LogP contribution in [0.3, 0.4) is 0 Å². The van der Waals surface area contributed by atoms with E-state index in [1.165, 1.54) is 0 Å². The molecule has 0 amide bonds. The molecule has 6 heteroatoms. The van der Waals surface area contributed by atoms with Crippen LogP contribution in [0.5, 0.6) is 0 Å². The summed E-state index contributed by atoms with van der Waals surface area (Å²) >= 11 is 5.03. The number of sulfone groups is 1. The van der Waals surface area contributed by atoms with Crippen LogP contribution in [0.15, 0.2) is 15.9 Å². The van der Waals surface area contributed by atoms with Gasteiger partial charge in [0.15, 0.2) is 0 Å². The van der Waals surface area contributed by atoms with E-state index in [-0.39, 0.29) is 17.5 Å². The molecule has 90 valence electrons. The van der Waals surface area contributed by atoms with Gasteiger partial charge in [0.1, 0.15) is 9.84 Å². The molecule has 2 heterocycles. The fraction of sp³-hybridized carbons (Fsp3) is 0.600. The average Bonchev–Trinajstić information content (AvgIpc) is 2.64. The van der Waals surface area contributed by atoms with Crippen molar-refractivity contribution in [2.24, 2.45) is 11.7 Å². The maximum Gasteiger partial charge on any atom is 0.150 e. The van der Waals surface area contributed by atoms with Crippen molar-refractivity contribution in [3.8, 4) is 0 Å². The van der Waals surface area contributed by atoms with Gasteiger partial charge in [0, 0.05) is 20.8 Å². The van der Waals surface area contributed by atoms with Crippen molar-refractivity contribution in [3.63, 3.8) is 0 Å². The summed E-state index contributed by atoms with van der Waals surface area (Å²) in [4.78, 5) is 1.14. The first-order valence-corrected chi connectivity index (χ1v) is 8.67. The third-order valence-corrected chi connectivity index (χ3v) is 6.53. The molecule has 2 rings (SSSR count). The van der Waals surface area contributed by atoms with E-state index in [2.05, 4.69) is 15.9 Å². The number of rotatable bonds is 2. The van der Waals surface area contributed by atoms with Crippen LogP contribution < -0.4 is 5.73 Å². The lowest BCUT2D eigenvalue weighted by atomic mass is 9.93. The molecule has 0 radical (unpaired) electrons. The van der Waals surface area contributed by atoms with Crippen LogP contribution >= 0.6 is 27.3 Å². The summed E-state index contributed by atoms with van der Waals surface area (Å²) in [6, 6.07) is 2.00. The highest BCUT2D eigenvalue weighted by molar-refractivity contribution is 9.10. The zero-order valence-corrected chi connectivity index (χ0v) is 11.9. The summed E-state index contributed by atoms with van der Waals surface area (Å²) in [5, 5.41) is 2.01. The molecule has 1 atom stereocenters. The van der Waals surface area contributed by atoms with Crippen LogP contribution in [0.4, 0.5) is 0 Å². The van der Waals surface area contributed by atoms with E-state index in [0.29, 0.717) is 18.8 Å². The second kappa shape index (κ2) is 4.76. The van der Waals surface area contributed by atoms with Crippen LogP contribution in [-0.2, 0) is 9.84 Å². The van der Waals surface area contributed by atoms with Crippen molar-refractivity contribution in [3.05, 3.63) is 20.8 Å². The van der Waals surface area contributed by atoms with Gasteiger partial charge in [0.25, 0.3) is 0 Å². The van der Waals surface area contributed by atoms with Gasteiger partial charge < -0.3 is 5.73 Å². The quantitative estimate of drug-likeness (QED) is 0.908. The Balaban J connectivity index is 2.04. The topological polar surface area (TPSA) is 60.2 Å². The number of nitrogens with two attached hydrogens (primary N) is 1. The molecule has 1 unspecified atom stereocenters. The van der Waals surface area contributed by atoms with Gasteiger partial charge in [0.05, 0.1) is 11.5 Å². The van der Waals surface area contributed by atoms with Gasteiger partial charge in [-0.3, -0.25) is 0 Å². The Bertz CT molecular complexity index is 455. The van der Waals surface area contributed by atoms with Crippen molar-refractivity contribution in [1.29, 1.82) is 0 Å². The molecule has 1 saturated heterocycles. The van der Waals surface area contributed by atoms with Gasteiger partial charge in [-0.15, -0.1) is 11.3 Å². The minimum absolute atomic E-state index is 0.0215. The minimum Gasteiger partial charge on any atom is -0.323 e. The van der Waals surface area contributed by atoms with Crippen molar-refractivity contribution >= 4 is 37.1 Å². The van der Waals surface area contributed by atoms with Crippen LogP contribution in [0.25, 0.3) is 0 Å². The molecule has 0 saturated carbocycles. The molecule has 0 spiro atoms. The average molecular weight is 324 g/mol. The molecular weight excluding hydrogens is 310 g/mol. The lowest BCUT2D eigenvalue weighted by Crippen LogP contribution is -2.30. The standard InChI is InChI=1S/C10H14BrNO2S2/c11-8-5-9(15-6-8)10(12)7-1-3-16(13,14)4-2-7/h5-7,10H,1-4,12H2. The highest BCUT2D eigenvalue weighted by Gasteiger charge is 2.28. The number of hydrogen-bond donors (Lipinski definition) is 1. The van der Waals surface area contributed by atoms with Crippen molar-refractivity contribution in [2.45, 2.75) is 18.9 Å². The second-order valence-electron chi connectivity index (χ2n) is 4.18. The normalized spacial score (nSPS) is 23.1. The molecule has 1 aliphatic rings. The van der Waals surface area contributed by atoms with E-state index < -0.39 is 9.84 Å². The summed E-state index contributed by atoms with van der Waals surface area (Å²) in [6.07, 6.45) is 1.39. The molecule has 0 aromatic carbocycles. The van der Waals surface area contributed by atoms with Gasteiger partial charge >= 0.3 is 0 Å². The fourth-order valence-corrected chi connectivity index (χ4v) is 5.07. The third-order valence-electron chi connectivity index (χ3n) is 3.02. The predicted molar refractivity (Wildman–Crippen MR) is 70.3 cm³/mol. The largest absolute Gasteiger partial charge is 0.323 e. The van der Waals surface area contributed by atoms with E-state index in [0.717, 1.165) is 9.35 Å². The number of thiophene rings is 1. The predicted octanol–water partition coefficient (Wildman–Crippen LogP) is 2.34. The summed E-state index contributed by atoms with van der Waals surface area (Å²) < 4.78 is 23.7. The maximum absolute atomic E-state index is 11.3. The second-order valence-corrected chi connectivity index (χ2v) is 8.34. The van der Waals surface area contributed by atoms with E-state index >= 15 is 0 Å². The zero-order chi connectivity index (χ0) is 11.8. The van der Waals surface area contributed by atoms with Crippen LogP contribution in [0.2, 0.25) is 0 Å². The van der Waals surface area contributed by atoms with Crippen LogP contribution in [0.1, 0.15) is 23.8 Å². The summed E-state index contributed by atoms with van der Waals surface area (Å²) in [7, 11) is -2.79. The summed E-state index contributed by atoms with van der Waals surface area (Å²) in [5.74, 6) is 0.879. The number of hydrogen-bond acceptors (Lipinski definition) is 4. The molecule has 2 N–H and O–H groups in total. The van der Waals surface area contributed by atoms with Gasteiger partial charge in [-0.05, 0) is 40.8 Å². The summed E-state index contributed by atoms with van der Waals surface area (Å²) in [5.41, 5.74) is 6.17. The Morgan fingerprint density at radius 2 is 2.06 bits per heavy atom. The van der Waals surface area contributed by atoms with Crippen molar-refractivity contribution in [2.75, 3.05) is 11.5 Å². The Hall–Kier alpha value is 0.0900. The highest BCUT2D eigenvalue weighted by Crippen LogP contribution is 2.34. The summed E-state index contributed by atoms with van der Waals surface area (Å²) in [6.45, 7) is 0. The lowest BCUT2D eigenvalue weighted by molar-refractivity contribution is 0.395. The Morgan fingerprint density at radius 3 is 2.56 bits per heavy atom. The highest BCUT2D eigenvalue weighted by atomic mass is 79.9. The SMILES string of the molecule is NC(c1cc(Br)cs1)C1CCS(=O)(=O)CC1. The first kappa shape index (κ1) is 12.5. The monoisotopic (exact) mass is 323 g/mol. The van der Waals surface area contributed by atoms with Gasteiger partial charge in [0.2, 0.25) is 0 Å². The van der Waals surface area contributed by atoms with Crippen molar-refractivity contribution in [1.82, 2.24) is 0 Å². The molecule has 1 aromatic rings. The molecule has 1 fully saturated rings. The molecular formula is C10H14BrNO2S2. The first-order valence-electron chi connectivity index (χ1n) is 5.18. The van der Waals surface area contributed by atoms with E-state index in [1.54, 1.807) is 11.3 Å². The van der Waals surface area contributed by atoms with Gasteiger partial charge in [-0.25, -0.2) is 8.42 Å². The van der Waals surface area contributed by atoms with Gasteiger partial charge in [-0.1, -0.05) is 0 Å². The Kier molecular flexibility index (Phi) is 3.73. The zero-order valence-electron chi connectivity index (χ0n) is 8.73.